The molecule has 4 fully saturated rings. The summed E-state index contributed by atoms with van der Waals surface area (Å²) >= 11 is 0. The first-order valence-corrected chi connectivity index (χ1v) is 6.81. The third-order valence-corrected chi connectivity index (χ3v) is 5.37. The van der Waals surface area contributed by atoms with Crippen LogP contribution in [0.2, 0.25) is 0 Å². The van der Waals surface area contributed by atoms with Gasteiger partial charge in [-0.25, -0.2) is 4.68 Å². The lowest BCUT2D eigenvalue weighted by Crippen LogP contribution is -2.46. The quantitative estimate of drug-likeness (QED) is 0.836. The van der Waals surface area contributed by atoms with E-state index in [1.807, 2.05) is 0 Å². The largest absolute Gasteiger partial charge is 0.367 e. The van der Waals surface area contributed by atoms with Gasteiger partial charge >= 0.3 is 0 Å². The van der Waals surface area contributed by atoms with E-state index >= 15 is 0 Å². The van der Waals surface area contributed by atoms with Crippen LogP contribution in [0.3, 0.4) is 0 Å². The van der Waals surface area contributed by atoms with Gasteiger partial charge < -0.3 is 5.73 Å². The van der Waals surface area contributed by atoms with Crippen LogP contribution in [-0.4, -0.2) is 20.2 Å². The molecule has 0 radical (unpaired) electrons. The second-order valence-electron chi connectivity index (χ2n) is 6.31. The van der Waals surface area contributed by atoms with Crippen molar-refractivity contribution in [3.63, 3.8) is 0 Å². The Labute approximate surface area is 101 Å². The van der Waals surface area contributed by atoms with Crippen molar-refractivity contribution in [2.45, 2.75) is 38.6 Å². The smallest absolute Gasteiger partial charge is 0.240 e. The predicted octanol–water partition coefficient (Wildman–Crippen LogP) is 1.33. The summed E-state index contributed by atoms with van der Waals surface area (Å²) in [4.78, 5) is 0. The number of tetrazole rings is 1. The molecule has 1 aromatic rings. The molecule has 92 valence electrons. The fourth-order valence-electron chi connectivity index (χ4n) is 4.88. The summed E-state index contributed by atoms with van der Waals surface area (Å²) in [6.45, 7) is 0.938. The van der Waals surface area contributed by atoms with Crippen molar-refractivity contribution in [1.82, 2.24) is 20.2 Å². The van der Waals surface area contributed by atoms with Crippen molar-refractivity contribution in [3.05, 3.63) is 0 Å². The number of rotatable bonds is 2. The Bertz CT molecular complexity index is 398. The molecule has 0 unspecified atom stereocenters. The number of aromatic nitrogens is 4. The molecule has 2 N–H and O–H groups in total. The lowest BCUT2D eigenvalue weighted by Gasteiger charge is -2.54. The number of hydrogen-bond acceptors (Lipinski definition) is 4. The molecule has 0 saturated heterocycles. The lowest BCUT2D eigenvalue weighted by molar-refractivity contribution is -0.0441. The van der Waals surface area contributed by atoms with Crippen LogP contribution in [0.1, 0.15) is 32.1 Å². The highest BCUT2D eigenvalue weighted by Gasteiger charge is 2.48. The Hall–Kier alpha value is -1.13. The SMILES string of the molecule is Nc1nnnn1CC1C2CC3CC(C2)CC1C3. The molecule has 0 aromatic carbocycles. The number of hydrogen-bond donors (Lipinski definition) is 1. The van der Waals surface area contributed by atoms with Gasteiger partial charge in [0.05, 0.1) is 0 Å². The first-order chi connectivity index (χ1) is 8.29. The molecule has 0 spiro atoms. The van der Waals surface area contributed by atoms with E-state index in [4.69, 9.17) is 5.73 Å². The zero-order valence-electron chi connectivity index (χ0n) is 10.00. The number of nitrogens with zero attached hydrogens (tertiary/aromatic N) is 4. The maximum Gasteiger partial charge on any atom is 0.240 e. The van der Waals surface area contributed by atoms with E-state index in [1.54, 1.807) is 4.68 Å². The molecular weight excluding hydrogens is 214 g/mol. The van der Waals surface area contributed by atoms with E-state index < -0.39 is 0 Å². The van der Waals surface area contributed by atoms with Crippen LogP contribution in [0.25, 0.3) is 0 Å². The summed E-state index contributed by atoms with van der Waals surface area (Å²) < 4.78 is 1.80. The van der Waals surface area contributed by atoms with Gasteiger partial charge in [0, 0.05) is 6.54 Å². The second-order valence-corrected chi connectivity index (χ2v) is 6.31. The number of anilines is 1. The maximum absolute atomic E-state index is 5.77. The molecule has 4 saturated carbocycles. The van der Waals surface area contributed by atoms with Crippen LogP contribution < -0.4 is 5.73 Å². The van der Waals surface area contributed by atoms with Crippen molar-refractivity contribution < 1.29 is 0 Å². The van der Waals surface area contributed by atoms with Gasteiger partial charge in [0.2, 0.25) is 5.95 Å². The van der Waals surface area contributed by atoms with Crippen molar-refractivity contribution in [2.24, 2.45) is 29.6 Å². The van der Waals surface area contributed by atoms with Crippen LogP contribution >= 0.6 is 0 Å². The summed E-state index contributed by atoms with van der Waals surface area (Å²) in [5.41, 5.74) is 5.77. The van der Waals surface area contributed by atoms with E-state index in [0.29, 0.717) is 5.95 Å². The van der Waals surface area contributed by atoms with Gasteiger partial charge in [0.15, 0.2) is 0 Å². The molecule has 1 aromatic heterocycles. The molecule has 4 aliphatic rings. The van der Waals surface area contributed by atoms with Crippen LogP contribution in [0.15, 0.2) is 0 Å². The fraction of sp³-hybridized carbons (Fsp3) is 0.917. The summed E-state index contributed by atoms with van der Waals surface area (Å²) in [5.74, 6) is 5.12. The number of nitrogens with two attached hydrogens (primary N) is 1. The molecule has 17 heavy (non-hydrogen) atoms. The van der Waals surface area contributed by atoms with E-state index in [2.05, 4.69) is 15.5 Å². The average Bonchev–Trinajstić information content (AvgIpc) is 2.68. The third-order valence-electron chi connectivity index (χ3n) is 5.37. The molecule has 5 nitrogen and oxygen atoms in total. The minimum atomic E-state index is 0.471. The number of nitrogen functional groups attached to an aromatic ring is 1. The highest BCUT2D eigenvalue weighted by Crippen LogP contribution is 2.56. The summed E-state index contributed by atoms with van der Waals surface area (Å²) in [7, 11) is 0. The van der Waals surface area contributed by atoms with Gasteiger partial charge in [-0.3, -0.25) is 0 Å². The molecule has 0 aliphatic heterocycles. The predicted molar refractivity (Wildman–Crippen MR) is 62.8 cm³/mol. The van der Waals surface area contributed by atoms with Crippen molar-refractivity contribution in [3.8, 4) is 0 Å². The Kier molecular flexibility index (Phi) is 1.99. The molecule has 5 rings (SSSR count). The van der Waals surface area contributed by atoms with Gasteiger partial charge in [-0.1, -0.05) is 5.10 Å². The molecule has 0 amide bonds. The van der Waals surface area contributed by atoms with Crippen LogP contribution in [0, 0.1) is 29.6 Å². The third kappa shape index (κ3) is 1.47. The van der Waals surface area contributed by atoms with Gasteiger partial charge in [0.1, 0.15) is 0 Å². The maximum atomic E-state index is 5.77. The van der Waals surface area contributed by atoms with Gasteiger partial charge in [0.25, 0.3) is 0 Å². The highest BCUT2D eigenvalue weighted by atomic mass is 15.6. The van der Waals surface area contributed by atoms with Gasteiger partial charge in [-0.2, -0.15) is 0 Å². The summed E-state index contributed by atoms with van der Waals surface area (Å²) in [6, 6.07) is 0. The summed E-state index contributed by atoms with van der Waals surface area (Å²) in [6.07, 6.45) is 7.28. The van der Waals surface area contributed by atoms with Crippen molar-refractivity contribution >= 4 is 5.95 Å². The minimum absolute atomic E-state index is 0.471. The van der Waals surface area contributed by atoms with Crippen molar-refractivity contribution in [2.75, 3.05) is 5.73 Å². The van der Waals surface area contributed by atoms with Crippen molar-refractivity contribution in [1.29, 1.82) is 0 Å². The van der Waals surface area contributed by atoms with E-state index in [0.717, 1.165) is 36.1 Å². The second kappa shape index (κ2) is 3.43. The van der Waals surface area contributed by atoms with E-state index in [9.17, 15) is 0 Å². The van der Waals surface area contributed by atoms with Gasteiger partial charge in [-0.05, 0) is 72.1 Å². The first-order valence-electron chi connectivity index (χ1n) is 6.81. The Morgan fingerprint density at radius 1 is 1.06 bits per heavy atom. The standard InChI is InChI=1S/C12H19N5/c13-12-14-15-16-17(12)6-11-9-2-7-1-8(4-9)5-10(11)3-7/h7-11H,1-6H2,(H2,13,14,16). The monoisotopic (exact) mass is 233 g/mol. The molecule has 1 heterocycles. The normalized spacial score (nSPS) is 43.2. The Balaban J connectivity index is 1.57. The molecule has 4 bridgehead atoms. The Morgan fingerprint density at radius 2 is 1.71 bits per heavy atom. The molecule has 5 heteroatoms. The van der Waals surface area contributed by atoms with E-state index in [-0.39, 0.29) is 0 Å². The average molecular weight is 233 g/mol. The van der Waals surface area contributed by atoms with E-state index in [1.165, 1.54) is 32.1 Å². The molecule has 4 aliphatic carbocycles. The van der Waals surface area contributed by atoms with Gasteiger partial charge in [-0.15, -0.1) is 0 Å². The summed E-state index contributed by atoms with van der Waals surface area (Å²) in [5, 5.41) is 11.4. The molecule has 0 atom stereocenters. The van der Waals surface area contributed by atoms with Crippen LogP contribution in [0.4, 0.5) is 5.95 Å². The minimum Gasteiger partial charge on any atom is -0.367 e. The zero-order chi connectivity index (χ0) is 11.4. The Morgan fingerprint density at radius 3 is 2.24 bits per heavy atom. The topological polar surface area (TPSA) is 69.6 Å². The molecular formula is C12H19N5. The highest BCUT2D eigenvalue weighted by molar-refractivity contribution is 5.10. The fourth-order valence-corrected chi connectivity index (χ4v) is 4.88. The lowest BCUT2D eigenvalue weighted by atomic mass is 9.52. The first kappa shape index (κ1) is 9.85. The van der Waals surface area contributed by atoms with Crippen LogP contribution in [0.5, 0.6) is 0 Å². The zero-order valence-corrected chi connectivity index (χ0v) is 10.00. The van der Waals surface area contributed by atoms with Crippen LogP contribution in [-0.2, 0) is 6.54 Å².